The van der Waals surface area contributed by atoms with Gasteiger partial charge in [0.15, 0.2) is 0 Å². The van der Waals surface area contributed by atoms with E-state index in [0.29, 0.717) is 17.8 Å². The van der Waals surface area contributed by atoms with Gasteiger partial charge in [0.05, 0.1) is 0 Å². The second-order valence-corrected chi connectivity index (χ2v) is 5.07. The molecular weight excluding hydrogens is 268 g/mol. The van der Waals surface area contributed by atoms with Crippen molar-refractivity contribution in [3.63, 3.8) is 0 Å². The van der Waals surface area contributed by atoms with Gasteiger partial charge in [0.1, 0.15) is 0 Å². The first-order valence-corrected chi connectivity index (χ1v) is 7.70. The lowest BCUT2D eigenvalue weighted by Gasteiger charge is -2.20. The molecule has 0 aromatic carbocycles. The molecule has 0 saturated carbocycles. The summed E-state index contributed by atoms with van der Waals surface area (Å²) < 4.78 is 0. The summed E-state index contributed by atoms with van der Waals surface area (Å²) in [5.74, 6) is 7.04. The Morgan fingerprint density at radius 1 is 1.10 bits per heavy atom. The smallest absolute Gasteiger partial charge is 0.243 e. The zero-order valence-electron chi connectivity index (χ0n) is 13.0. The van der Waals surface area contributed by atoms with Crippen LogP contribution in [0.15, 0.2) is 0 Å². The molecule has 1 aromatic heterocycles. The second-order valence-electron chi connectivity index (χ2n) is 5.07. The lowest BCUT2D eigenvalue weighted by Crippen LogP contribution is -2.28. The topological polar surface area (TPSA) is 95.2 Å². The molecule has 1 aliphatic rings. The Hall–Kier alpha value is -1.67. The summed E-state index contributed by atoms with van der Waals surface area (Å²) in [7, 11) is 0. The second kappa shape index (κ2) is 7.94. The Balaban J connectivity index is 1.98. The predicted octanol–water partition coefficient (Wildman–Crippen LogP) is 0.511. The molecule has 1 saturated heterocycles. The molecule has 0 unspecified atom stereocenters. The number of nitrogens with zero attached hydrogens (tertiary/aromatic N) is 5. The van der Waals surface area contributed by atoms with Crippen LogP contribution in [0.1, 0.15) is 26.7 Å². The van der Waals surface area contributed by atoms with Crippen molar-refractivity contribution in [1.29, 1.82) is 0 Å². The van der Waals surface area contributed by atoms with Crippen molar-refractivity contribution in [3.8, 4) is 0 Å². The number of hydrogen-bond acceptors (Lipinski definition) is 8. The van der Waals surface area contributed by atoms with Gasteiger partial charge in [-0.2, -0.15) is 15.0 Å². The molecule has 1 aliphatic heterocycles. The van der Waals surface area contributed by atoms with Crippen molar-refractivity contribution >= 4 is 17.8 Å². The molecule has 2 heterocycles. The molecule has 21 heavy (non-hydrogen) atoms. The number of nitrogens with two attached hydrogens (primary N) is 1. The van der Waals surface area contributed by atoms with Gasteiger partial charge in [-0.05, 0) is 39.8 Å². The molecule has 1 fully saturated rings. The van der Waals surface area contributed by atoms with E-state index < -0.39 is 0 Å². The SMILES string of the molecule is CCN(CC)c1nc(NN)nc(NCCN2CCCC2)n1. The van der Waals surface area contributed by atoms with Crippen molar-refractivity contribution in [1.82, 2.24) is 19.9 Å². The maximum absolute atomic E-state index is 5.44. The van der Waals surface area contributed by atoms with Crippen LogP contribution in [-0.2, 0) is 0 Å². The summed E-state index contributed by atoms with van der Waals surface area (Å²) in [6, 6.07) is 0. The first kappa shape index (κ1) is 15.7. The standard InChI is InChI=1S/C13H26N8/c1-3-21(4-2)13-17-11(16-12(18-13)19-14)15-7-10-20-8-5-6-9-20/h3-10,14H2,1-2H3,(H2,15,16,17,18,19). The minimum atomic E-state index is 0.385. The van der Waals surface area contributed by atoms with E-state index in [1.165, 1.54) is 25.9 Å². The van der Waals surface area contributed by atoms with Gasteiger partial charge in [0.25, 0.3) is 0 Å². The van der Waals surface area contributed by atoms with Crippen molar-refractivity contribution in [3.05, 3.63) is 0 Å². The highest BCUT2D eigenvalue weighted by Crippen LogP contribution is 2.13. The van der Waals surface area contributed by atoms with E-state index >= 15 is 0 Å². The van der Waals surface area contributed by atoms with Gasteiger partial charge in [-0.3, -0.25) is 5.43 Å². The summed E-state index contributed by atoms with van der Waals surface area (Å²) in [5, 5.41) is 3.26. The van der Waals surface area contributed by atoms with E-state index in [4.69, 9.17) is 5.84 Å². The van der Waals surface area contributed by atoms with Crippen molar-refractivity contribution in [2.45, 2.75) is 26.7 Å². The number of aromatic nitrogens is 3. The zero-order chi connectivity index (χ0) is 15.1. The fraction of sp³-hybridized carbons (Fsp3) is 0.769. The van der Waals surface area contributed by atoms with Gasteiger partial charge in [-0.1, -0.05) is 0 Å². The lowest BCUT2D eigenvalue weighted by atomic mass is 10.4. The van der Waals surface area contributed by atoms with Gasteiger partial charge in [-0.25, -0.2) is 5.84 Å². The van der Waals surface area contributed by atoms with E-state index in [1.807, 2.05) is 0 Å². The lowest BCUT2D eigenvalue weighted by molar-refractivity contribution is 0.352. The summed E-state index contributed by atoms with van der Waals surface area (Å²) in [6.45, 7) is 10.1. The van der Waals surface area contributed by atoms with E-state index in [2.05, 4.69) is 49.3 Å². The summed E-state index contributed by atoms with van der Waals surface area (Å²) in [6.07, 6.45) is 2.61. The number of hydrogen-bond donors (Lipinski definition) is 3. The Morgan fingerprint density at radius 3 is 2.38 bits per heavy atom. The molecule has 8 heteroatoms. The number of nitrogens with one attached hydrogen (secondary N) is 2. The van der Waals surface area contributed by atoms with Crippen molar-refractivity contribution < 1.29 is 0 Å². The summed E-state index contributed by atoms with van der Waals surface area (Å²) in [5.41, 5.74) is 2.50. The molecule has 0 aliphatic carbocycles. The van der Waals surface area contributed by atoms with Crippen LogP contribution in [0.4, 0.5) is 17.8 Å². The van der Waals surface area contributed by atoms with Crippen LogP contribution in [0.25, 0.3) is 0 Å². The molecule has 1 aromatic rings. The average Bonchev–Trinajstić information content (AvgIpc) is 3.01. The van der Waals surface area contributed by atoms with Gasteiger partial charge >= 0.3 is 0 Å². The van der Waals surface area contributed by atoms with E-state index in [0.717, 1.165) is 26.2 Å². The van der Waals surface area contributed by atoms with Crippen LogP contribution in [0.2, 0.25) is 0 Å². The third-order valence-corrected chi connectivity index (χ3v) is 3.71. The van der Waals surface area contributed by atoms with Gasteiger partial charge in [0, 0.05) is 26.2 Å². The van der Waals surface area contributed by atoms with Gasteiger partial charge in [-0.15, -0.1) is 0 Å². The fourth-order valence-electron chi connectivity index (χ4n) is 2.49. The highest BCUT2D eigenvalue weighted by Gasteiger charge is 2.12. The van der Waals surface area contributed by atoms with Crippen LogP contribution in [-0.4, -0.2) is 59.1 Å². The number of likely N-dealkylation sites (tertiary alicyclic amines) is 1. The first-order chi connectivity index (χ1) is 10.3. The van der Waals surface area contributed by atoms with Crippen LogP contribution in [0.3, 0.4) is 0 Å². The molecule has 0 atom stereocenters. The van der Waals surface area contributed by atoms with E-state index in [9.17, 15) is 0 Å². The number of rotatable bonds is 8. The summed E-state index contributed by atoms with van der Waals surface area (Å²) in [4.78, 5) is 17.5. The number of anilines is 3. The fourth-order valence-corrected chi connectivity index (χ4v) is 2.49. The number of hydrazine groups is 1. The molecule has 0 bridgehead atoms. The third-order valence-electron chi connectivity index (χ3n) is 3.71. The van der Waals surface area contributed by atoms with Gasteiger partial charge in [0.2, 0.25) is 17.8 Å². The average molecular weight is 294 g/mol. The predicted molar refractivity (Wildman–Crippen MR) is 85.4 cm³/mol. The number of nitrogen functional groups attached to an aromatic ring is 1. The van der Waals surface area contributed by atoms with E-state index in [1.54, 1.807) is 0 Å². The van der Waals surface area contributed by atoms with Gasteiger partial charge < -0.3 is 15.1 Å². The quantitative estimate of drug-likeness (QED) is 0.471. The molecule has 2 rings (SSSR count). The molecule has 0 spiro atoms. The third kappa shape index (κ3) is 4.40. The Kier molecular flexibility index (Phi) is 5.94. The molecular formula is C13H26N8. The highest BCUT2D eigenvalue weighted by molar-refractivity contribution is 5.43. The molecule has 0 amide bonds. The Labute approximate surface area is 126 Å². The van der Waals surface area contributed by atoms with E-state index in [-0.39, 0.29) is 0 Å². The van der Waals surface area contributed by atoms with Crippen LogP contribution >= 0.6 is 0 Å². The minimum Gasteiger partial charge on any atom is -0.353 e. The molecule has 4 N–H and O–H groups in total. The minimum absolute atomic E-state index is 0.385. The largest absolute Gasteiger partial charge is 0.353 e. The first-order valence-electron chi connectivity index (χ1n) is 7.70. The molecule has 8 nitrogen and oxygen atoms in total. The van der Waals surface area contributed by atoms with Crippen LogP contribution < -0.4 is 21.5 Å². The zero-order valence-corrected chi connectivity index (χ0v) is 13.0. The maximum Gasteiger partial charge on any atom is 0.243 e. The van der Waals surface area contributed by atoms with Crippen LogP contribution in [0.5, 0.6) is 0 Å². The normalized spacial score (nSPS) is 15.2. The monoisotopic (exact) mass is 294 g/mol. The summed E-state index contributed by atoms with van der Waals surface area (Å²) >= 11 is 0. The Morgan fingerprint density at radius 2 is 1.76 bits per heavy atom. The maximum atomic E-state index is 5.44. The van der Waals surface area contributed by atoms with Crippen molar-refractivity contribution in [2.24, 2.45) is 5.84 Å². The molecule has 0 radical (unpaired) electrons. The highest BCUT2D eigenvalue weighted by atomic mass is 15.4. The Bertz CT molecular complexity index is 428. The molecule has 118 valence electrons. The van der Waals surface area contributed by atoms with Crippen molar-refractivity contribution in [2.75, 3.05) is 54.9 Å². The van der Waals surface area contributed by atoms with Crippen LogP contribution in [0, 0.1) is 0 Å².